The molecule has 1 aliphatic heterocycles. The molecule has 0 saturated carbocycles. The molecular weight excluding hydrogens is 220 g/mol. The molecule has 78 valence electrons. The first-order valence-corrected chi connectivity index (χ1v) is 7.10. The fourth-order valence-electron chi connectivity index (χ4n) is 1.74. The average molecular weight is 232 g/mol. The summed E-state index contributed by atoms with van der Waals surface area (Å²) in [5, 5.41) is 1.86. The van der Waals surface area contributed by atoms with Gasteiger partial charge in [0.15, 0.2) is 9.84 Å². The normalized spacial score (nSPS) is 27.6. The molecule has 2 atom stereocenters. The van der Waals surface area contributed by atoms with Gasteiger partial charge in [-0.3, -0.25) is 0 Å². The van der Waals surface area contributed by atoms with Crippen molar-refractivity contribution >= 4 is 21.4 Å². The van der Waals surface area contributed by atoms with Crippen LogP contribution in [0.3, 0.4) is 0 Å². The first-order chi connectivity index (χ1) is 6.58. The lowest BCUT2D eigenvalue weighted by molar-refractivity contribution is 0.473. The third-order valence-corrected chi connectivity index (χ3v) is 4.94. The second kappa shape index (κ2) is 3.60. The molecule has 0 radical (unpaired) electrons. The summed E-state index contributed by atoms with van der Waals surface area (Å²) in [6, 6.07) is 1.64. The number of sulfone groups is 1. The Balaban J connectivity index is 2.11. The summed E-state index contributed by atoms with van der Waals surface area (Å²) >= 11 is 1.35. The van der Waals surface area contributed by atoms with Gasteiger partial charge in [0, 0.05) is 5.38 Å². The molecular formula is C8H12N2O2S2. The summed E-state index contributed by atoms with van der Waals surface area (Å²) in [6.45, 7) is 0. The van der Waals surface area contributed by atoms with Crippen LogP contribution in [-0.2, 0) is 9.84 Å². The number of rotatable bonds is 2. The van der Waals surface area contributed by atoms with Crippen molar-refractivity contribution in [1.82, 2.24) is 4.37 Å². The Kier molecular flexibility index (Phi) is 2.59. The predicted octanol–water partition coefficient (Wildman–Crippen LogP) is 0.578. The van der Waals surface area contributed by atoms with Crippen LogP contribution in [0.15, 0.2) is 11.4 Å². The first-order valence-electron chi connectivity index (χ1n) is 4.45. The lowest BCUT2D eigenvalue weighted by Crippen LogP contribution is -2.22. The SMILES string of the molecule is NC(c1ccsn1)C1CCS(=O)(=O)C1. The minimum atomic E-state index is -2.84. The molecule has 0 amide bonds. The molecule has 0 aliphatic carbocycles. The zero-order valence-electron chi connectivity index (χ0n) is 7.59. The van der Waals surface area contributed by atoms with Gasteiger partial charge in [-0.15, -0.1) is 0 Å². The lowest BCUT2D eigenvalue weighted by Gasteiger charge is -2.14. The fourth-order valence-corrected chi connectivity index (χ4v) is 4.16. The summed E-state index contributed by atoms with van der Waals surface area (Å²) in [4.78, 5) is 0. The maximum Gasteiger partial charge on any atom is 0.150 e. The number of nitrogens with zero attached hydrogens (tertiary/aromatic N) is 1. The van der Waals surface area contributed by atoms with Crippen LogP contribution in [0.2, 0.25) is 0 Å². The van der Waals surface area contributed by atoms with Crippen LogP contribution in [-0.4, -0.2) is 24.3 Å². The van der Waals surface area contributed by atoms with Crippen LogP contribution < -0.4 is 5.73 Å². The van der Waals surface area contributed by atoms with E-state index in [9.17, 15) is 8.42 Å². The van der Waals surface area contributed by atoms with Gasteiger partial charge in [0.1, 0.15) is 0 Å². The van der Waals surface area contributed by atoms with Crippen molar-refractivity contribution in [2.24, 2.45) is 11.7 Å². The van der Waals surface area contributed by atoms with Crippen molar-refractivity contribution in [1.29, 1.82) is 0 Å². The van der Waals surface area contributed by atoms with E-state index >= 15 is 0 Å². The van der Waals surface area contributed by atoms with E-state index < -0.39 is 9.84 Å². The number of hydrogen-bond donors (Lipinski definition) is 1. The molecule has 0 bridgehead atoms. The molecule has 1 aliphatic rings. The minimum Gasteiger partial charge on any atom is -0.322 e. The Labute approximate surface area is 87.2 Å². The molecule has 0 spiro atoms. The van der Waals surface area contributed by atoms with Gasteiger partial charge in [-0.05, 0) is 29.9 Å². The lowest BCUT2D eigenvalue weighted by atomic mass is 9.98. The summed E-state index contributed by atoms with van der Waals surface area (Å²) in [5.41, 5.74) is 6.76. The monoisotopic (exact) mass is 232 g/mol. The van der Waals surface area contributed by atoms with E-state index in [1.165, 1.54) is 11.5 Å². The van der Waals surface area contributed by atoms with Crippen LogP contribution in [0.4, 0.5) is 0 Å². The summed E-state index contributed by atoms with van der Waals surface area (Å²) in [7, 11) is -2.84. The van der Waals surface area contributed by atoms with E-state index in [1.807, 2.05) is 11.4 Å². The van der Waals surface area contributed by atoms with Crippen molar-refractivity contribution < 1.29 is 8.42 Å². The molecule has 4 nitrogen and oxygen atoms in total. The molecule has 2 N–H and O–H groups in total. The zero-order valence-corrected chi connectivity index (χ0v) is 9.22. The molecule has 14 heavy (non-hydrogen) atoms. The second-order valence-electron chi connectivity index (χ2n) is 3.61. The third kappa shape index (κ3) is 1.97. The highest BCUT2D eigenvalue weighted by Crippen LogP contribution is 2.29. The standard InChI is InChI=1S/C8H12N2O2S2/c9-8(7-1-3-13-10-7)6-2-4-14(11,12)5-6/h1,3,6,8H,2,4-5,9H2. The molecule has 1 aromatic heterocycles. The van der Waals surface area contributed by atoms with Gasteiger partial charge < -0.3 is 5.73 Å². The van der Waals surface area contributed by atoms with E-state index in [2.05, 4.69) is 4.37 Å². The number of nitrogens with two attached hydrogens (primary N) is 1. The highest BCUT2D eigenvalue weighted by Gasteiger charge is 2.33. The Morgan fingerprint density at radius 3 is 2.93 bits per heavy atom. The van der Waals surface area contributed by atoms with Gasteiger partial charge >= 0.3 is 0 Å². The van der Waals surface area contributed by atoms with E-state index in [1.54, 1.807) is 0 Å². The van der Waals surface area contributed by atoms with Crippen molar-refractivity contribution in [3.8, 4) is 0 Å². The average Bonchev–Trinajstić information content (AvgIpc) is 2.72. The van der Waals surface area contributed by atoms with Crippen LogP contribution in [0.5, 0.6) is 0 Å². The maximum absolute atomic E-state index is 11.2. The number of hydrogen-bond acceptors (Lipinski definition) is 5. The van der Waals surface area contributed by atoms with E-state index in [0.717, 1.165) is 5.69 Å². The van der Waals surface area contributed by atoms with Crippen molar-refractivity contribution in [3.63, 3.8) is 0 Å². The molecule has 1 fully saturated rings. The van der Waals surface area contributed by atoms with Crippen LogP contribution in [0, 0.1) is 5.92 Å². The minimum absolute atomic E-state index is 0.0436. The largest absolute Gasteiger partial charge is 0.322 e. The molecule has 1 aromatic rings. The van der Waals surface area contributed by atoms with E-state index in [-0.39, 0.29) is 23.5 Å². The molecule has 2 heterocycles. The second-order valence-corrected chi connectivity index (χ2v) is 6.51. The Bertz CT molecular complexity index is 399. The Hall–Kier alpha value is -0.460. The summed E-state index contributed by atoms with van der Waals surface area (Å²) in [6.07, 6.45) is 0.668. The molecule has 0 aromatic carbocycles. The van der Waals surface area contributed by atoms with Gasteiger partial charge in [0.25, 0.3) is 0 Å². The number of aromatic nitrogens is 1. The highest BCUT2D eigenvalue weighted by molar-refractivity contribution is 7.91. The van der Waals surface area contributed by atoms with Gasteiger partial charge in [-0.1, -0.05) is 0 Å². The molecule has 2 rings (SSSR count). The first kappa shape index (κ1) is 10.1. The topological polar surface area (TPSA) is 73.0 Å². The molecule has 1 saturated heterocycles. The van der Waals surface area contributed by atoms with Gasteiger partial charge in [0.2, 0.25) is 0 Å². The maximum atomic E-state index is 11.2. The third-order valence-electron chi connectivity index (χ3n) is 2.57. The predicted molar refractivity (Wildman–Crippen MR) is 55.8 cm³/mol. The smallest absolute Gasteiger partial charge is 0.150 e. The van der Waals surface area contributed by atoms with Crippen LogP contribution >= 0.6 is 11.5 Å². The molecule has 2 unspecified atom stereocenters. The molecule has 6 heteroatoms. The quantitative estimate of drug-likeness (QED) is 0.809. The van der Waals surface area contributed by atoms with Crippen molar-refractivity contribution in [3.05, 3.63) is 17.1 Å². The van der Waals surface area contributed by atoms with Gasteiger partial charge in [0.05, 0.1) is 23.2 Å². The Morgan fingerprint density at radius 2 is 2.43 bits per heavy atom. The fraction of sp³-hybridized carbons (Fsp3) is 0.625. The van der Waals surface area contributed by atoms with Gasteiger partial charge in [-0.2, -0.15) is 4.37 Å². The van der Waals surface area contributed by atoms with E-state index in [4.69, 9.17) is 5.73 Å². The van der Waals surface area contributed by atoms with Crippen LogP contribution in [0.1, 0.15) is 18.2 Å². The Morgan fingerprint density at radius 1 is 1.64 bits per heavy atom. The highest BCUT2D eigenvalue weighted by atomic mass is 32.2. The van der Waals surface area contributed by atoms with Gasteiger partial charge in [-0.25, -0.2) is 8.42 Å². The van der Waals surface area contributed by atoms with Crippen molar-refractivity contribution in [2.75, 3.05) is 11.5 Å². The summed E-state index contributed by atoms with van der Waals surface area (Å²) < 4.78 is 26.6. The summed E-state index contributed by atoms with van der Waals surface area (Å²) in [5.74, 6) is 0.531. The zero-order chi connectivity index (χ0) is 10.2. The van der Waals surface area contributed by atoms with Crippen molar-refractivity contribution in [2.45, 2.75) is 12.5 Å². The van der Waals surface area contributed by atoms with Crippen LogP contribution in [0.25, 0.3) is 0 Å². The van der Waals surface area contributed by atoms with E-state index in [0.29, 0.717) is 6.42 Å².